The first kappa shape index (κ1) is 8.17. The summed E-state index contributed by atoms with van der Waals surface area (Å²) in [7, 11) is 0. The predicted molar refractivity (Wildman–Crippen MR) is 59.4 cm³/mol. The molecule has 2 aromatic rings. The monoisotopic (exact) mass is 196 g/mol. The fourth-order valence-electron chi connectivity index (χ4n) is 1.91. The summed E-state index contributed by atoms with van der Waals surface area (Å²) >= 11 is 0. The maximum absolute atomic E-state index is 11.3. The van der Waals surface area contributed by atoms with Crippen LogP contribution < -0.4 is 5.32 Å². The fraction of sp³-hybridized carbons (Fsp3) is 0. The topological polar surface area (TPSA) is 53.0 Å². The van der Waals surface area contributed by atoms with Crippen molar-refractivity contribution in [3.05, 3.63) is 42.0 Å². The minimum Gasteiger partial charge on any atom is -0.319 e. The van der Waals surface area contributed by atoms with E-state index in [1.165, 1.54) is 0 Å². The summed E-state index contributed by atoms with van der Waals surface area (Å²) in [4.78, 5) is 11.3. The molecule has 0 bridgehead atoms. The largest absolute Gasteiger partial charge is 0.319 e. The van der Waals surface area contributed by atoms with Crippen LogP contribution in [0, 0.1) is 5.41 Å². The fourth-order valence-corrected chi connectivity index (χ4v) is 1.91. The number of nitrogens with one attached hydrogen (secondary N) is 2. The van der Waals surface area contributed by atoms with Crippen molar-refractivity contribution in [3.63, 3.8) is 0 Å². The van der Waals surface area contributed by atoms with Crippen molar-refractivity contribution < 1.29 is 4.79 Å². The lowest BCUT2D eigenvalue weighted by molar-refractivity contribution is -0.110. The van der Waals surface area contributed by atoms with E-state index in [1.807, 2.05) is 36.4 Å². The summed E-state index contributed by atoms with van der Waals surface area (Å²) in [5.74, 6) is -0.318. The summed E-state index contributed by atoms with van der Waals surface area (Å²) in [6.07, 6.45) is 0. The maximum atomic E-state index is 11.3. The van der Waals surface area contributed by atoms with Gasteiger partial charge in [-0.15, -0.1) is 0 Å². The smallest absolute Gasteiger partial charge is 0.274 e. The number of carbonyl (C=O) groups excluding carboxylic acids is 1. The zero-order chi connectivity index (χ0) is 10.4. The number of hydrogen-bond donors (Lipinski definition) is 2. The van der Waals surface area contributed by atoms with Gasteiger partial charge in [0.25, 0.3) is 5.91 Å². The zero-order valence-electron chi connectivity index (χ0n) is 7.87. The third kappa shape index (κ3) is 1.00. The maximum Gasteiger partial charge on any atom is 0.274 e. The Balaban J connectivity index is 2.43. The summed E-state index contributed by atoms with van der Waals surface area (Å²) in [6, 6.07) is 11.6. The van der Waals surface area contributed by atoms with Crippen LogP contribution in [0.5, 0.6) is 0 Å². The lowest BCUT2D eigenvalue weighted by Crippen LogP contribution is -2.12. The van der Waals surface area contributed by atoms with E-state index in [9.17, 15) is 4.79 Å². The third-order valence-corrected chi connectivity index (χ3v) is 2.66. The van der Waals surface area contributed by atoms with Gasteiger partial charge in [-0.05, 0) is 11.5 Å². The van der Waals surface area contributed by atoms with Crippen LogP contribution in [-0.2, 0) is 4.79 Å². The lowest BCUT2D eigenvalue weighted by Gasteiger charge is -2.03. The van der Waals surface area contributed by atoms with E-state index in [-0.39, 0.29) is 11.6 Å². The van der Waals surface area contributed by atoms with Crippen molar-refractivity contribution in [2.45, 2.75) is 0 Å². The van der Waals surface area contributed by atoms with E-state index in [0.29, 0.717) is 5.56 Å². The van der Waals surface area contributed by atoms with Crippen LogP contribution in [0.2, 0.25) is 0 Å². The van der Waals surface area contributed by atoms with Gasteiger partial charge in [-0.2, -0.15) is 0 Å². The second-order valence-corrected chi connectivity index (χ2v) is 3.54. The zero-order valence-corrected chi connectivity index (χ0v) is 7.87. The first-order valence-electron chi connectivity index (χ1n) is 4.69. The summed E-state index contributed by atoms with van der Waals surface area (Å²) < 4.78 is 0. The molecule has 2 aromatic carbocycles. The van der Waals surface area contributed by atoms with E-state index >= 15 is 0 Å². The normalized spacial score (nSPS) is 14.1. The van der Waals surface area contributed by atoms with Crippen LogP contribution in [0.15, 0.2) is 36.4 Å². The highest BCUT2D eigenvalue weighted by molar-refractivity contribution is 6.53. The Kier molecular flexibility index (Phi) is 1.45. The number of carbonyl (C=O) groups is 1. The van der Waals surface area contributed by atoms with E-state index in [1.54, 1.807) is 0 Å². The Labute approximate surface area is 86.2 Å². The molecule has 1 heterocycles. The van der Waals surface area contributed by atoms with Gasteiger partial charge in [0.2, 0.25) is 0 Å². The van der Waals surface area contributed by atoms with E-state index in [2.05, 4.69) is 5.32 Å². The molecule has 0 saturated carbocycles. The van der Waals surface area contributed by atoms with E-state index in [4.69, 9.17) is 5.41 Å². The molecule has 0 fully saturated rings. The van der Waals surface area contributed by atoms with Gasteiger partial charge in [0.05, 0.1) is 5.69 Å². The molecule has 3 heteroatoms. The quantitative estimate of drug-likeness (QED) is 0.666. The Hall–Kier alpha value is -2.16. The number of benzene rings is 2. The number of hydrogen-bond acceptors (Lipinski definition) is 2. The molecule has 72 valence electrons. The molecule has 2 N–H and O–H groups in total. The van der Waals surface area contributed by atoms with Crippen molar-refractivity contribution in [2.75, 3.05) is 5.32 Å². The summed E-state index contributed by atoms with van der Waals surface area (Å²) in [6.45, 7) is 0. The molecule has 1 amide bonds. The van der Waals surface area contributed by atoms with Gasteiger partial charge in [-0.1, -0.05) is 30.3 Å². The molecule has 1 aliphatic heterocycles. The first-order chi connectivity index (χ1) is 7.27. The average molecular weight is 196 g/mol. The van der Waals surface area contributed by atoms with Gasteiger partial charge in [0.1, 0.15) is 5.71 Å². The van der Waals surface area contributed by atoms with Gasteiger partial charge < -0.3 is 5.32 Å². The number of fused-ring (bicyclic) bond motifs is 3. The highest BCUT2D eigenvalue weighted by Gasteiger charge is 2.25. The molecule has 0 aliphatic carbocycles. The molecule has 0 atom stereocenters. The molecular weight excluding hydrogens is 188 g/mol. The number of anilines is 1. The van der Waals surface area contributed by atoms with Crippen LogP contribution in [0.3, 0.4) is 0 Å². The van der Waals surface area contributed by atoms with Crippen LogP contribution in [0.4, 0.5) is 5.69 Å². The molecule has 1 aliphatic rings. The van der Waals surface area contributed by atoms with Crippen molar-refractivity contribution >= 4 is 28.1 Å². The van der Waals surface area contributed by atoms with Crippen molar-refractivity contribution in [1.29, 1.82) is 5.41 Å². The second-order valence-electron chi connectivity index (χ2n) is 3.54. The van der Waals surface area contributed by atoms with E-state index < -0.39 is 0 Å². The predicted octanol–water partition coefficient (Wildman–Crippen LogP) is 2.16. The molecular formula is C12H8N2O. The lowest BCUT2D eigenvalue weighted by atomic mass is 10.0. The van der Waals surface area contributed by atoms with Gasteiger partial charge in [0, 0.05) is 10.9 Å². The van der Waals surface area contributed by atoms with Crippen molar-refractivity contribution in [3.8, 4) is 0 Å². The minimum absolute atomic E-state index is 0.0516. The molecule has 0 spiro atoms. The standard InChI is InChI=1S/C12H8N2O/c13-10-9-6-5-7-3-1-2-4-8(7)11(9)14-12(10)15/h1-6H,(H2,13,14,15). The van der Waals surface area contributed by atoms with Crippen LogP contribution in [-0.4, -0.2) is 11.6 Å². The number of amides is 1. The molecule has 3 nitrogen and oxygen atoms in total. The highest BCUT2D eigenvalue weighted by atomic mass is 16.2. The van der Waals surface area contributed by atoms with Crippen LogP contribution in [0.25, 0.3) is 10.8 Å². The van der Waals surface area contributed by atoms with E-state index in [0.717, 1.165) is 16.5 Å². The van der Waals surface area contributed by atoms with Crippen LogP contribution >= 0.6 is 0 Å². The third-order valence-electron chi connectivity index (χ3n) is 2.66. The molecule has 15 heavy (non-hydrogen) atoms. The second kappa shape index (κ2) is 2.67. The van der Waals surface area contributed by atoms with Crippen molar-refractivity contribution in [1.82, 2.24) is 0 Å². The Morgan fingerprint density at radius 1 is 1.07 bits per heavy atom. The SMILES string of the molecule is N=C1C(=O)Nc2c1ccc1ccccc21. The van der Waals surface area contributed by atoms with Crippen LogP contribution in [0.1, 0.15) is 5.56 Å². The molecule has 0 radical (unpaired) electrons. The molecule has 0 unspecified atom stereocenters. The first-order valence-corrected chi connectivity index (χ1v) is 4.69. The average Bonchev–Trinajstić information content (AvgIpc) is 2.56. The molecule has 0 saturated heterocycles. The highest BCUT2D eigenvalue weighted by Crippen LogP contribution is 2.31. The Bertz CT molecular complexity index is 602. The Morgan fingerprint density at radius 3 is 2.73 bits per heavy atom. The van der Waals surface area contributed by atoms with Gasteiger partial charge >= 0.3 is 0 Å². The van der Waals surface area contributed by atoms with Gasteiger partial charge in [0.15, 0.2) is 0 Å². The minimum atomic E-state index is -0.318. The molecule has 0 aromatic heterocycles. The molecule has 3 rings (SSSR count). The summed E-state index contributed by atoms with van der Waals surface area (Å²) in [5.41, 5.74) is 1.51. The van der Waals surface area contributed by atoms with Gasteiger partial charge in [-0.25, -0.2) is 0 Å². The number of rotatable bonds is 0. The Morgan fingerprint density at radius 2 is 1.87 bits per heavy atom. The van der Waals surface area contributed by atoms with Gasteiger partial charge in [-0.3, -0.25) is 10.2 Å². The van der Waals surface area contributed by atoms with Crippen molar-refractivity contribution in [2.24, 2.45) is 0 Å². The summed E-state index contributed by atoms with van der Waals surface area (Å²) in [5, 5.41) is 12.4.